The number of aryl methyl sites for hydroxylation is 1. The van der Waals surface area contributed by atoms with Gasteiger partial charge in [-0.05, 0) is 37.6 Å². The first-order valence-corrected chi connectivity index (χ1v) is 8.08. The largest absolute Gasteiger partial charge is 0.468 e. The van der Waals surface area contributed by atoms with Crippen LogP contribution in [0.2, 0.25) is 0 Å². The Morgan fingerprint density at radius 2 is 2.26 bits per heavy atom. The summed E-state index contributed by atoms with van der Waals surface area (Å²) in [5.41, 5.74) is 1.76. The van der Waals surface area contributed by atoms with Gasteiger partial charge < -0.3 is 4.42 Å². The molecule has 0 amide bonds. The minimum Gasteiger partial charge on any atom is -0.468 e. The quantitative estimate of drug-likeness (QED) is 0.741. The molecule has 120 valence electrons. The van der Waals surface area contributed by atoms with E-state index < -0.39 is 0 Å². The van der Waals surface area contributed by atoms with Crippen LogP contribution in [0.5, 0.6) is 0 Å². The second kappa shape index (κ2) is 5.70. The summed E-state index contributed by atoms with van der Waals surface area (Å²) < 4.78 is 9.10. The summed E-state index contributed by atoms with van der Waals surface area (Å²) in [6.07, 6.45) is 4.42. The van der Waals surface area contributed by atoms with E-state index in [0.717, 1.165) is 43.0 Å². The number of hydrogen-bond donors (Lipinski definition) is 0. The van der Waals surface area contributed by atoms with Crippen molar-refractivity contribution >= 4 is 11.2 Å². The molecule has 0 spiro atoms. The summed E-state index contributed by atoms with van der Waals surface area (Å²) in [6, 6.07) is 7.92. The number of rotatable bonds is 4. The van der Waals surface area contributed by atoms with Gasteiger partial charge in [0.15, 0.2) is 5.65 Å². The molecule has 4 rings (SSSR count). The highest BCUT2D eigenvalue weighted by atomic mass is 16.3. The van der Waals surface area contributed by atoms with Crippen LogP contribution >= 0.6 is 0 Å². The van der Waals surface area contributed by atoms with Crippen molar-refractivity contribution < 1.29 is 4.42 Å². The van der Waals surface area contributed by atoms with Crippen molar-refractivity contribution in [3.63, 3.8) is 0 Å². The number of nitrogens with zero attached hydrogens (tertiary/aromatic N) is 4. The number of fused-ring (bicyclic) bond motifs is 1. The maximum absolute atomic E-state index is 12.8. The first-order valence-electron chi connectivity index (χ1n) is 8.08. The highest BCUT2D eigenvalue weighted by Gasteiger charge is 2.28. The Morgan fingerprint density at radius 3 is 3.04 bits per heavy atom. The molecule has 6 heteroatoms. The van der Waals surface area contributed by atoms with E-state index in [9.17, 15) is 4.79 Å². The topological polar surface area (TPSA) is 56.2 Å². The molecule has 1 saturated heterocycles. The lowest BCUT2D eigenvalue weighted by Gasteiger charge is -2.15. The van der Waals surface area contributed by atoms with E-state index in [4.69, 9.17) is 4.42 Å². The molecule has 0 aliphatic carbocycles. The molecule has 1 atom stereocenters. The number of aromatic nitrogens is 3. The van der Waals surface area contributed by atoms with Gasteiger partial charge in [0.2, 0.25) is 0 Å². The molecule has 0 aromatic carbocycles. The molecule has 3 aromatic heterocycles. The fraction of sp³-hybridized carbons (Fsp3) is 0.412. The lowest BCUT2D eigenvalue weighted by molar-refractivity contribution is 0.286. The minimum atomic E-state index is 0.0473. The monoisotopic (exact) mass is 312 g/mol. The normalized spacial score (nSPS) is 18.9. The number of pyridine rings is 1. The third kappa shape index (κ3) is 2.39. The molecular formula is C17H20N4O2. The molecule has 23 heavy (non-hydrogen) atoms. The Hall–Kier alpha value is -2.34. The molecule has 1 aliphatic rings. The van der Waals surface area contributed by atoms with Crippen LogP contribution in [0, 0.1) is 0 Å². The second-order valence-electron chi connectivity index (χ2n) is 6.00. The van der Waals surface area contributed by atoms with Gasteiger partial charge >= 0.3 is 5.69 Å². The van der Waals surface area contributed by atoms with E-state index in [1.165, 1.54) is 0 Å². The molecule has 1 fully saturated rings. The highest BCUT2D eigenvalue weighted by Crippen LogP contribution is 2.25. The van der Waals surface area contributed by atoms with Gasteiger partial charge in [-0.15, -0.1) is 0 Å². The maximum atomic E-state index is 12.8. The first-order chi connectivity index (χ1) is 11.3. The van der Waals surface area contributed by atoms with Crippen LogP contribution in [0.1, 0.15) is 25.1 Å². The molecule has 0 radical (unpaired) electrons. The minimum absolute atomic E-state index is 0.0473. The lowest BCUT2D eigenvalue weighted by atomic mass is 10.2. The van der Waals surface area contributed by atoms with Gasteiger partial charge in [0.05, 0.1) is 24.4 Å². The van der Waals surface area contributed by atoms with Crippen LogP contribution in [0.25, 0.3) is 11.2 Å². The van der Waals surface area contributed by atoms with Crippen LogP contribution in [-0.2, 0) is 13.1 Å². The molecule has 0 saturated carbocycles. The van der Waals surface area contributed by atoms with E-state index in [-0.39, 0.29) is 11.7 Å². The molecule has 0 bridgehead atoms. The van der Waals surface area contributed by atoms with Gasteiger partial charge in [-0.2, -0.15) is 0 Å². The van der Waals surface area contributed by atoms with Crippen LogP contribution < -0.4 is 5.69 Å². The standard InChI is InChI=1S/C17H20N4O2/c1-2-20-15-6-3-8-18-16(15)21(17(20)22)13-7-9-19(11-13)12-14-5-4-10-23-14/h3-6,8,10,13H,2,7,9,11-12H2,1H3/t13-/m1/s1. The molecule has 0 N–H and O–H groups in total. The Bertz CT molecular complexity index is 862. The van der Waals surface area contributed by atoms with E-state index >= 15 is 0 Å². The van der Waals surface area contributed by atoms with Crippen molar-refractivity contribution in [2.75, 3.05) is 13.1 Å². The van der Waals surface area contributed by atoms with Gasteiger partial charge in [0.25, 0.3) is 0 Å². The second-order valence-corrected chi connectivity index (χ2v) is 6.00. The average molecular weight is 312 g/mol. The molecular weight excluding hydrogens is 292 g/mol. The fourth-order valence-corrected chi connectivity index (χ4v) is 3.53. The predicted molar refractivity (Wildman–Crippen MR) is 87.3 cm³/mol. The van der Waals surface area contributed by atoms with Crippen molar-refractivity contribution in [3.8, 4) is 0 Å². The number of imidazole rings is 1. The van der Waals surface area contributed by atoms with Gasteiger partial charge in [-0.25, -0.2) is 9.78 Å². The van der Waals surface area contributed by atoms with Crippen molar-refractivity contribution in [1.29, 1.82) is 0 Å². The predicted octanol–water partition coefficient (Wildman–Crippen LogP) is 2.26. The van der Waals surface area contributed by atoms with Gasteiger partial charge in [-0.1, -0.05) is 0 Å². The molecule has 1 aliphatic heterocycles. The summed E-state index contributed by atoms with van der Waals surface area (Å²) in [6.45, 7) is 5.26. The average Bonchev–Trinajstić information content (AvgIpc) is 3.27. The number of likely N-dealkylation sites (tertiary alicyclic amines) is 1. The van der Waals surface area contributed by atoms with Crippen LogP contribution in [0.3, 0.4) is 0 Å². The number of furan rings is 1. The van der Waals surface area contributed by atoms with E-state index in [1.807, 2.05) is 35.8 Å². The van der Waals surface area contributed by atoms with E-state index in [2.05, 4.69) is 9.88 Å². The van der Waals surface area contributed by atoms with Crippen molar-refractivity contribution in [1.82, 2.24) is 19.0 Å². The zero-order chi connectivity index (χ0) is 15.8. The molecule has 0 unspecified atom stereocenters. The maximum Gasteiger partial charge on any atom is 0.330 e. The van der Waals surface area contributed by atoms with Crippen LogP contribution in [-0.4, -0.2) is 32.1 Å². The van der Waals surface area contributed by atoms with E-state index in [1.54, 1.807) is 17.0 Å². The van der Waals surface area contributed by atoms with Gasteiger partial charge in [-0.3, -0.25) is 14.0 Å². The third-order valence-electron chi connectivity index (χ3n) is 4.61. The zero-order valence-corrected chi connectivity index (χ0v) is 13.2. The molecule has 4 heterocycles. The Balaban J connectivity index is 1.65. The first kappa shape index (κ1) is 14.3. The Labute approximate surface area is 134 Å². The summed E-state index contributed by atoms with van der Waals surface area (Å²) in [5, 5.41) is 0. The summed E-state index contributed by atoms with van der Waals surface area (Å²) in [7, 11) is 0. The smallest absolute Gasteiger partial charge is 0.330 e. The van der Waals surface area contributed by atoms with E-state index in [0.29, 0.717) is 6.54 Å². The van der Waals surface area contributed by atoms with Crippen molar-refractivity contribution in [2.24, 2.45) is 0 Å². The van der Waals surface area contributed by atoms with Gasteiger partial charge in [0.1, 0.15) is 5.76 Å². The summed E-state index contributed by atoms with van der Waals surface area (Å²) in [5.74, 6) is 0.965. The lowest BCUT2D eigenvalue weighted by Crippen LogP contribution is -2.29. The molecule has 3 aromatic rings. The SMILES string of the molecule is CCn1c(=O)n([C@@H]2CCN(Cc3ccco3)C2)c2ncccc21. The Morgan fingerprint density at radius 1 is 1.35 bits per heavy atom. The van der Waals surface area contributed by atoms with Crippen molar-refractivity contribution in [3.05, 3.63) is 53.0 Å². The van der Waals surface area contributed by atoms with Gasteiger partial charge in [0, 0.05) is 25.8 Å². The van der Waals surface area contributed by atoms with Crippen LogP contribution in [0.4, 0.5) is 0 Å². The third-order valence-corrected chi connectivity index (χ3v) is 4.61. The number of hydrogen-bond acceptors (Lipinski definition) is 4. The summed E-state index contributed by atoms with van der Waals surface area (Å²) in [4.78, 5) is 19.6. The van der Waals surface area contributed by atoms with Crippen LogP contribution in [0.15, 0.2) is 45.9 Å². The summed E-state index contributed by atoms with van der Waals surface area (Å²) >= 11 is 0. The van der Waals surface area contributed by atoms with Crippen molar-refractivity contribution in [2.45, 2.75) is 32.5 Å². The fourth-order valence-electron chi connectivity index (χ4n) is 3.53. The zero-order valence-electron chi connectivity index (χ0n) is 13.2. The Kier molecular flexibility index (Phi) is 3.53. The molecule has 6 nitrogen and oxygen atoms in total. The highest BCUT2D eigenvalue weighted by molar-refractivity contribution is 5.71.